The van der Waals surface area contributed by atoms with E-state index in [1.807, 2.05) is 4.90 Å². The average Bonchev–Trinajstić information content (AvgIpc) is 2.76. The van der Waals surface area contributed by atoms with Crippen LogP contribution < -0.4 is 10.6 Å². The minimum absolute atomic E-state index is 0.001000. The molecule has 0 atom stereocenters. The Morgan fingerprint density at radius 2 is 1.87 bits per heavy atom. The molecule has 162 valence electrons. The van der Waals surface area contributed by atoms with E-state index in [0.29, 0.717) is 44.5 Å². The predicted molar refractivity (Wildman–Crippen MR) is 112 cm³/mol. The van der Waals surface area contributed by atoms with Gasteiger partial charge in [0.1, 0.15) is 11.4 Å². The molecule has 30 heavy (non-hydrogen) atoms. The van der Waals surface area contributed by atoms with Crippen molar-refractivity contribution in [3.05, 3.63) is 35.6 Å². The number of nitriles is 1. The first-order valence-electron chi connectivity index (χ1n) is 11.0. The number of hydrogen-bond donors (Lipinski definition) is 2. The number of carbonyl (C=O) groups is 2. The highest BCUT2D eigenvalue weighted by Gasteiger charge is 2.34. The lowest BCUT2D eigenvalue weighted by Gasteiger charge is -2.34. The van der Waals surface area contributed by atoms with Crippen LogP contribution in [0.4, 0.5) is 4.39 Å². The van der Waals surface area contributed by atoms with E-state index in [-0.39, 0.29) is 30.1 Å². The average molecular weight is 415 g/mol. The van der Waals surface area contributed by atoms with Gasteiger partial charge in [0.15, 0.2) is 0 Å². The summed E-state index contributed by atoms with van der Waals surface area (Å²) < 4.78 is 13.6. The van der Waals surface area contributed by atoms with Gasteiger partial charge in [-0.2, -0.15) is 5.26 Å². The first-order chi connectivity index (χ1) is 14.5. The van der Waals surface area contributed by atoms with Crippen LogP contribution in [0.5, 0.6) is 0 Å². The number of benzene rings is 1. The lowest BCUT2D eigenvalue weighted by molar-refractivity contribution is -0.127. The molecule has 1 aliphatic carbocycles. The molecule has 1 saturated heterocycles. The molecule has 1 aromatic rings. The van der Waals surface area contributed by atoms with Crippen LogP contribution in [0.2, 0.25) is 0 Å². The summed E-state index contributed by atoms with van der Waals surface area (Å²) in [6.45, 7) is 2.04. The molecular weight excluding hydrogens is 383 g/mol. The van der Waals surface area contributed by atoms with E-state index in [4.69, 9.17) is 0 Å². The zero-order valence-electron chi connectivity index (χ0n) is 17.5. The Balaban J connectivity index is 1.37. The zero-order chi connectivity index (χ0) is 21.4. The molecule has 1 saturated carbocycles. The number of rotatable bonds is 7. The van der Waals surface area contributed by atoms with E-state index in [2.05, 4.69) is 16.7 Å². The molecule has 3 rings (SSSR count). The second-order valence-electron chi connectivity index (χ2n) is 8.49. The van der Waals surface area contributed by atoms with Crippen molar-refractivity contribution in [2.75, 3.05) is 26.2 Å². The van der Waals surface area contributed by atoms with Crippen LogP contribution in [0.25, 0.3) is 0 Å². The van der Waals surface area contributed by atoms with Crippen LogP contribution in [0, 0.1) is 23.1 Å². The van der Waals surface area contributed by atoms with Gasteiger partial charge in [-0.25, -0.2) is 4.39 Å². The van der Waals surface area contributed by atoms with Crippen molar-refractivity contribution in [1.29, 1.82) is 5.26 Å². The van der Waals surface area contributed by atoms with E-state index in [1.54, 1.807) is 18.2 Å². The minimum Gasteiger partial charge on any atom is -0.356 e. The number of hydrogen-bond acceptors (Lipinski definition) is 4. The lowest BCUT2D eigenvalue weighted by Crippen LogP contribution is -2.52. The molecule has 0 aromatic heterocycles. The third kappa shape index (κ3) is 6.02. The smallest absolute Gasteiger partial charge is 0.235 e. The van der Waals surface area contributed by atoms with E-state index >= 15 is 0 Å². The number of amides is 2. The zero-order valence-corrected chi connectivity index (χ0v) is 17.5. The van der Waals surface area contributed by atoms with Crippen LogP contribution in [0.3, 0.4) is 0 Å². The maximum atomic E-state index is 13.6. The molecule has 2 fully saturated rings. The van der Waals surface area contributed by atoms with Gasteiger partial charge in [0.25, 0.3) is 0 Å². The van der Waals surface area contributed by atoms with Gasteiger partial charge < -0.3 is 10.6 Å². The Morgan fingerprint density at radius 3 is 2.53 bits per heavy atom. The molecule has 0 bridgehead atoms. The van der Waals surface area contributed by atoms with E-state index < -0.39 is 5.54 Å². The van der Waals surface area contributed by atoms with Gasteiger partial charge in [-0.3, -0.25) is 14.5 Å². The summed E-state index contributed by atoms with van der Waals surface area (Å²) in [5, 5.41) is 15.4. The Bertz CT molecular complexity index is 778. The fourth-order valence-electron chi connectivity index (χ4n) is 4.45. The lowest BCUT2D eigenvalue weighted by atomic mass is 9.83. The molecule has 2 amide bonds. The summed E-state index contributed by atoms with van der Waals surface area (Å²) in [6.07, 6.45) is 6.39. The summed E-state index contributed by atoms with van der Waals surface area (Å²) in [7, 11) is 0. The van der Waals surface area contributed by atoms with Crippen molar-refractivity contribution in [3.8, 4) is 6.07 Å². The van der Waals surface area contributed by atoms with Crippen molar-refractivity contribution in [1.82, 2.24) is 15.5 Å². The number of piperidine rings is 1. The van der Waals surface area contributed by atoms with Gasteiger partial charge in [0, 0.05) is 12.5 Å². The Morgan fingerprint density at radius 1 is 1.17 bits per heavy atom. The van der Waals surface area contributed by atoms with E-state index in [0.717, 1.165) is 32.1 Å². The van der Waals surface area contributed by atoms with Gasteiger partial charge in [-0.1, -0.05) is 37.5 Å². The van der Waals surface area contributed by atoms with Gasteiger partial charge in [0.2, 0.25) is 11.8 Å². The number of nitrogens with zero attached hydrogens (tertiary/aromatic N) is 2. The largest absolute Gasteiger partial charge is 0.356 e. The summed E-state index contributed by atoms with van der Waals surface area (Å²) in [4.78, 5) is 26.9. The Labute approximate surface area is 177 Å². The maximum absolute atomic E-state index is 13.6. The van der Waals surface area contributed by atoms with E-state index in [1.165, 1.54) is 6.07 Å². The van der Waals surface area contributed by atoms with Gasteiger partial charge in [0.05, 0.1) is 12.6 Å². The number of halogens is 1. The fourth-order valence-corrected chi connectivity index (χ4v) is 4.45. The number of nitrogens with one attached hydrogen (secondary N) is 2. The third-order valence-corrected chi connectivity index (χ3v) is 6.28. The van der Waals surface area contributed by atoms with Gasteiger partial charge in [-0.05, 0) is 56.8 Å². The monoisotopic (exact) mass is 414 g/mol. The highest BCUT2D eigenvalue weighted by molar-refractivity contribution is 5.80. The van der Waals surface area contributed by atoms with Crippen LogP contribution in [0.15, 0.2) is 24.3 Å². The molecule has 1 heterocycles. The van der Waals surface area contributed by atoms with Crippen molar-refractivity contribution < 1.29 is 14.0 Å². The van der Waals surface area contributed by atoms with Crippen molar-refractivity contribution >= 4 is 11.8 Å². The molecule has 0 unspecified atom stereocenters. The highest BCUT2D eigenvalue weighted by Crippen LogP contribution is 2.27. The highest BCUT2D eigenvalue weighted by atomic mass is 19.1. The van der Waals surface area contributed by atoms with Crippen molar-refractivity contribution in [2.24, 2.45) is 5.92 Å². The normalized spacial score (nSPS) is 19.6. The molecule has 0 radical (unpaired) electrons. The topological polar surface area (TPSA) is 85.2 Å². The second-order valence-corrected chi connectivity index (χ2v) is 8.49. The van der Waals surface area contributed by atoms with Crippen LogP contribution in [-0.2, 0) is 16.0 Å². The first kappa shape index (κ1) is 22.2. The molecule has 2 aliphatic rings. The summed E-state index contributed by atoms with van der Waals surface area (Å²) in [5.74, 6) is -0.425. The molecule has 2 N–H and O–H groups in total. The maximum Gasteiger partial charge on any atom is 0.235 e. The standard InChI is InChI=1S/C23H31FN4O2/c24-20-7-3-2-6-18(20)8-13-26-22(30)19-9-14-28(15-10-19)16-21(29)27-23(17-25)11-4-1-5-12-23/h2-3,6-7,19H,1,4-5,8-16H2,(H,26,30)(H,27,29). The van der Waals surface area contributed by atoms with Gasteiger partial charge >= 0.3 is 0 Å². The SMILES string of the molecule is N#CC1(NC(=O)CN2CCC(C(=O)NCCc3ccccc3F)CC2)CCCCC1. The first-order valence-corrected chi connectivity index (χ1v) is 11.0. The van der Waals surface area contributed by atoms with E-state index in [9.17, 15) is 19.2 Å². The van der Waals surface area contributed by atoms with Gasteiger partial charge in [-0.15, -0.1) is 0 Å². The molecule has 0 spiro atoms. The van der Waals surface area contributed by atoms with Crippen LogP contribution in [0.1, 0.15) is 50.5 Å². The summed E-state index contributed by atoms with van der Waals surface area (Å²) >= 11 is 0. The molecule has 6 nitrogen and oxygen atoms in total. The number of carbonyl (C=O) groups excluding carboxylic acids is 2. The molecule has 7 heteroatoms. The van der Waals surface area contributed by atoms with Crippen molar-refractivity contribution in [3.63, 3.8) is 0 Å². The predicted octanol–water partition coefficient (Wildman–Crippen LogP) is 2.54. The Kier molecular flexibility index (Phi) is 7.81. The second kappa shape index (κ2) is 10.5. The molecule has 1 aromatic carbocycles. The van der Waals surface area contributed by atoms with Crippen LogP contribution >= 0.6 is 0 Å². The number of likely N-dealkylation sites (tertiary alicyclic amines) is 1. The minimum atomic E-state index is -0.703. The summed E-state index contributed by atoms with van der Waals surface area (Å²) in [6, 6.07) is 8.92. The third-order valence-electron chi connectivity index (χ3n) is 6.28. The quantitative estimate of drug-likeness (QED) is 0.718. The van der Waals surface area contributed by atoms with Crippen LogP contribution in [-0.4, -0.2) is 48.4 Å². The van der Waals surface area contributed by atoms with Crippen molar-refractivity contribution in [2.45, 2.75) is 56.9 Å². The molecule has 1 aliphatic heterocycles. The Hall–Kier alpha value is -2.46. The molecular formula is C23H31FN4O2. The summed E-state index contributed by atoms with van der Waals surface area (Å²) in [5.41, 5.74) is -0.0991. The fraction of sp³-hybridized carbons (Fsp3) is 0.609.